The molecule has 0 unspecified atom stereocenters. The first kappa shape index (κ1) is 16.6. The summed E-state index contributed by atoms with van der Waals surface area (Å²) in [5.41, 5.74) is 2.37. The van der Waals surface area contributed by atoms with Gasteiger partial charge in [0.25, 0.3) is 0 Å². The van der Waals surface area contributed by atoms with E-state index in [-0.39, 0.29) is 0 Å². The first-order chi connectivity index (χ1) is 10.2. The summed E-state index contributed by atoms with van der Waals surface area (Å²) in [7, 11) is 0. The maximum atomic E-state index is 4.46. The van der Waals surface area contributed by atoms with Crippen molar-refractivity contribution in [3.63, 3.8) is 0 Å². The minimum absolute atomic E-state index is 0.932. The zero-order valence-electron chi connectivity index (χ0n) is 12.1. The Hall–Kier alpha value is -0.740. The summed E-state index contributed by atoms with van der Waals surface area (Å²) in [4.78, 5) is 8.92. The first-order valence-corrected chi connectivity index (χ1v) is 9.05. The molecule has 0 spiro atoms. The molecule has 0 saturated heterocycles. The molecule has 0 N–H and O–H groups in total. The fourth-order valence-corrected chi connectivity index (χ4v) is 3.08. The Balaban J connectivity index is 1.54. The summed E-state index contributed by atoms with van der Waals surface area (Å²) < 4.78 is 1.86. The van der Waals surface area contributed by atoms with Crippen molar-refractivity contribution < 1.29 is 0 Å². The fourth-order valence-electron chi connectivity index (χ4n) is 2.32. The number of aryl methyl sites for hydroxylation is 2. The van der Waals surface area contributed by atoms with Gasteiger partial charge in [-0.15, -0.1) is 0 Å². The van der Waals surface area contributed by atoms with Gasteiger partial charge in [-0.2, -0.15) is 0 Å². The fraction of sp³-hybridized carbons (Fsp3) is 0.412. The molecule has 0 aliphatic heterocycles. The molecular formula is C17H20Br2N2. The van der Waals surface area contributed by atoms with E-state index in [9.17, 15) is 0 Å². The van der Waals surface area contributed by atoms with Crippen LogP contribution in [-0.4, -0.2) is 9.97 Å². The summed E-state index contributed by atoms with van der Waals surface area (Å²) >= 11 is 6.82. The van der Waals surface area contributed by atoms with E-state index in [0.29, 0.717) is 0 Å². The van der Waals surface area contributed by atoms with Crippen molar-refractivity contribution in [1.82, 2.24) is 9.97 Å². The molecule has 0 fully saturated rings. The smallest absolute Gasteiger partial charge is 0.106 e. The normalized spacial score (nSPS) is 10.8. The van der Waals surface area contributed by atoms with E-state index in [2.05, 4.69) is 66.1 Å². The van der Waals surface area contributed by atoms with Crippen molar-refractivity contribution in [2.24, 2.45) is 0 Å². The van der Waals surface area contributed by atoms with Crippen LogP contribution in [0.3, 0.4) is 0 Å². The second kappa shape index (κ2) is 9.31. The summed E-state index contributed by atoms with van der Waals surface area (Å²) in [5.74, 6) is 0. The summed E-state index contributed by atoms with van der Waals surface area (Å²) in [6, 6.07) is 12.3. The molecule has 0 saturated carbocycles. The molecule has 2 rings (SSSR count). The molecule has 0 radical (unpaired) electrons. The monoisotopic (exact) mass is 410 g/mol. The average molecular weight is 412 g/mol. The average Bonchev–Trinajstić information content (AvgIpc) is 2.46. The maximum absolute atomic E-state index is 4.46. The van der Waals surface area contributed by atoms with Gasteiger partial charge in [-0.3, -0.25) is 0 Å². The number of unbranched alkanes of at least 4 members (excludes halogenated alkanes) is 4. The molecule has 0 amide bonds. The van der Waals surface area contributed by atoms with E-state index in [4.69, 9.17) is 0 Å². The first-order valence-electron chi connectivity index (χ1n) is 7.47. The molecule has 0 aromatic carbocycles. The van der Waals surface area contributed by atoms with Crippen molar-refractivity contribution in [2.45, 2.75) is 44.9 Å². The lowest BCUT2D eigenvalue weighted by Crippen LogP contribution is -1.92. The second-order valence-electron chi connectivity index (χ2n) is 5.17. The van der Waals surface area contributed by atoms with Crippen molar-refractivity contribution in [3.05, 3.63) is 57.0 Å². The summed E-state index contributed by atoms with van der Waals surface area (Å²) in [5, 5.41) is 0. The van der Waals surface area contributed by atoms with E-state index in [1.54, 1.807) is 0 Å². The number of hydrogen-bond donors (Lipinski definition) is 0. The van der Waals surface area contributed by atoms with Gasteiger partial charge in [0.2, 0.25) is 0 Å². The van der Waals surface area contributed by atoms with Gasteiger partial charge in [0.05, 0.1) is 0 Å². The van der Waals surface area contributed by atoms with E-state index >= 15 is 0 Å². The molecule has 4 heteroatoms. The van der Waals surface area contributed by atoms with Gasteiger partial charge >= 0.3 is 0 Å². The quantitative estimate of drug-likeness (QED) is 0.409. The Morgan fingerprint density at radius 1 is 0.619 bits per heavy atom. The van der Waals surface area contributed by atoms with Crippen molar-refractivity contribution >= 4 is 31.9 Å². The molecule has 2 nitrogen and oxygen atoms in total. The molecule has 0 atom stereocenters. The predicted molar refractivity (Wildman–Crippen MR) is 94.4 cm³/mol. The van der Waals surface area contributed by atoms with Crippen LogP contribution in [0.25, 0.3) is 0 Å². The van der Waals surface area contributed by atoms with Gasteiger partial charge in [-0.1, -0.05) is 31.4 Å². The largest absolute Gasteiger partial charge is 0.246 e. The van der Waals surface area contributed by atoms with E-state index in [1.165, 1.54) is 43.5 Å². The Bertz CT molecular complexity index is 508. The van der Waals surface area contributed by atoms with Crippen LogP contribution in [0, 0.1) is 0 Å². The second-order valence-corrected chi connectivity index (χ2v) is 6.80. The zero-order valence-corrected chi connectivity index (χ0v) is 15.2. The molecule has 0 aliphatic carbocycles. The van der Waals surface area contributed by atoms with Crippen molar-refractivity contribution in [2.75, 3.05) is 0 Å². The van der Waals surface area contributed by atoms with Gasteiger partial charge in [-0.05, 0) is 81.8 Å². The number of hydrogen-bond acceptors (Lipinski definition) is 2. The van der Waals surface area contributed by atoms with Gasteiger partial charge in [0.1, 0.15) is 9.21 Å². The molecule has 21 heavy (non-hydrogen) atoms. The van der Waals surface area contributed by atoms with Gasteiger partial charge < -0.3 is 0 Å². The number of rotatable bonds is 8. The third-order valence-electron chi connectivity index (χ3n) is 3.41. The van der Waals surface area contributed by atoms with Crippen LogP contribution in [0.4, 0.5) is 0 Å². The minimum atomic E-state index is 0.932. The maximum Gasteiger partial charge on any atom is 0.106 e. The topological polar surface area (TPSA) is 25.8 Å². The van der Waals surface area contributed by atoms with Crippen molar-refractivity contribution in [3.8, 4) is 0 Å². The lowest BCUT2D eigenvalue weighted by molar-refractivity contribution is 0.607. The lowest BCUT2D eigenvalue weighted by Gasteiger charge is -2.03. The molecule has 0 aliphatic rings. The number of halogens is 2. The van der Waals surface area contributed by atoms with E-state index in [0.717, 1.165) is 22.0 Å². The van der Waals surface area contributed by atoms with Crippen LogP contribution in [0.15, 0.2) is 45.6 Å². The summed E-state index contributed by atoms with van der Waals surface area (Å²) in [6.45, 7) is 0. The molecular weight excluding hydrogens is 392 g/mol. The highest BCUT2D eigenvalue weighted by molar-refractivity contribution is 9.10. The third kappa shape index (κ3) is 6.70. The standard InChI is InChI=1S/C17H20Br2N2/c18-16-12-6-10-14(20-16)8-4-2-1-3-5-9-15-11-7-13-17(19)21-15/h6-7,10-13H,1-5,8-9H2. The SMILES string of the molecule is Brc1cccc(CCCCCCCc2cccc(Br)n2)n1. The van der Waals surface area contributed by atoms with Crippen LogP contribution in [0.1, 0.15) is 43.5 Å². The highest BCUT2D eigenvalue weighted by Gasteiger charge is 1.98. The number of nitrogens with zero attached hydrogens (tertiary/aromatic N) is 2. The van der Waals surface area contributed by atoms with Crippen LogP contribution < -0.4 is 0 Å². The molecule has 2 aromatic rings. The predicted octanol–water partition coefficient (Wildman–Crippen LogP) is 5.74. The highest BCUT2D eigenvalue weighted by Crippen LogP contribution is 2.13. The highest BCUT2D eigenvalue weighted by atomic mass is 79.9. The molecule has 112 valence electrons. The van der Waals surface area contributed by atoms with Crippen LogP contribution >= 0.6 is 31.9 Å². The molecule has 2 heterocycles. The minimum Gasteiger partial charge on any atom is -0.246 e. The van der Waals surface area contributed by atoms with Crippen LogP contribution in [0.5, 0.6) is 0 Å². The van der Waals surface area contributed by atoms with Crippen molar-refractivity contribution in [1.29, 1.82) is 0 Å². The lowest BCUT2D eigenvalue weighted by atomic mass is 10.1. The Morgan fingerprint density at radius 3 is 1.48 bits per heavy atom. The number of aromatic nitrogens is 2. The van der Waals surface area contributed by atoms with E-state index < -0.39 is 0 Å². The zero-order chi connectivity index (χ0) is 14.9. The Morgan fingerprint density at radius 2 is 1.05 bits per heavy atom. The molecule has 2 aromatic heterocycles. The van der Waals surface area contributed by atoms with Gasteiger partial charge in [0.15, 0.2) is 0 Å². The third-order valence-corrected chi connectivity index (χ3v) is 4.29. The summed E-state index contributed by atoms with van der Waals surface area (Å²) in [6.07, 6.45) is 8.44. The van der Waals surface area contributed by atoms with Gasteiger partial charge in [-0.25, -0.2) is 9.97 Å². The van der Waals surface area contributed by atoms with Crippen LogP contribution in [0.2, 0.25) is 0 Å². The van der Waals surface area contributed by atoms with Crippen LogP contribution in [-0.2, 0) is 12.8 Å². The van der Waals surface area contributed by atoms with Gasteiger partial charge in [0, 0.05) is 11.4 Å². The number of pyridine rings is 2. The molecule has 0 bridgehead atoms. The Kier molecular flexibility index (Phi) is 7.37. The Labute approximate surface area is 143 Å². The van der Waals surface area contributed by atoms with E-state index in [1.807, 2.05) is 12.1 Å².